The van der Waals surface area contributed by atoms with Gasteiger partial charge in [-0.2, -0.15) is 9.40 Å². The van der Waals surface area contributed by atoms with E-state index in [1.807, 2.05) is 13.8 Å². The molecular formula is C12H21N3O4S. The number of hydrogen-bond acceptors (Lipinski definition) is 4. The van der Waals surface area contributed by atoms with E-state index in [0.29, 0.717) is 17.8 Å². The number of carboxylic acid groups (broad SMARTS) is 1. The Balaban J connectivity index is 3.33. The first-order valence-corrected chi connectivity index (χ1v) is 7.80. The van der Waals surface area contributed by atoms with E-state index in [1.165, 1.54) is 16.0 Å². The molecule has 114 valence electrons. The Hall–Kier alpha value is -1.41. The van der Waals surface area contributed by atoms with Crippen molar-refractivity contribution in [1.29, 1.82) is 0 Å². The molecule has 0 aliphatic rings. The van der Waals surface area contributed by atoms with Crippen LogP contribution >= 0.6 is 0 Å². The second kappa shape index (κ2) is 5.92. The third-order valence-electron chi connectivity index (χ3n) is 3.45. The van der Waals surface area contributed by atoms with Gasteiger partial charge in [-0.15, -0.1) is 0 Å². The fourth-order valence-electron chi connectivity index (χ4n) is 1.97. The summed E-state index contributed by atoms with van der Waals surface area (Å²) in [5.41, 5.74) is 0.666. The fourth-order valence-corrected chi connectivity index (χ4v) is 3.78. The predicted molar refractivity (Wildman–Crippen MR) is 74.0 cm³/mol. The molecule has 1 atom stereocenters. The minimum absolute atomic E-state index is 0.0987. The van der Waals surface area contributed by atoms with Crippen molar-refractivity contribution in [3.63, 3.8) is 0 Å². The molecule has 20 heavy (non-hydrogen) atoms. The maximum Gasteiger partial charge on any atom is 0.325 e. The van der Waals surface area contributed by atoms with Gasteiger partial charge in [0, 0.05) is 13.1 Å². The van der Waals surface area contributed by atoms with Crippen molar-refractivity contribution in [3.8, 4) is 0 Å². The Morgan fingerprint density at radius 3 is 2.45 bits per heavy atom. The number of hydrogen-bond donors (Lipinski definition) is 1. The van der Waals surface area contributed by atoms with Crippen LogP contribution in [0.15, 0.2) is 4.90 Å². The summed E-state index contributed by atoms with van der Waals surface area (Å²) < 4.78 is 27.7. The number of carbonyl (C=O) groups is 1. The van der Waals surface area contributed by atoms with Crippen LogP contribution in [0.25, 0.3) is 0 Å². The van der Waals surface area contributed by atoms with E-state index in [2.05, 4.69) is 5.10 Å². The molecule has 1 heterocycles. The molecule has 0 saturated heterocycles. The lowest BCUT2D eigenvalue weighted by molar-refractivity contribution is -0.137. The van der Waals surface area contributed by atoms with E-state index in [0.717, 1.165) is 0 Å². The normalized spacial score (nSPS) is 13.7. The molecule has 0 bridgehead atoms. The third kappa shape index (κ3) is 3.01. The number of nitrogens with zero attached hydrogens (tertiary/aromatic N) is 3. The second-order valence-electron chi connectivity index (χ2n) is 4.83. The quantitative estimate of drug-likeness (QED) is 0.846. The molecule has 1 rings (SSSR count). The molecule has 8 heteroatoms. The van der Waals surface area contributed by atoms with Crippen LogP contribution in [-0.2, 0) is 21.4 Å². The summed E-state index contributed by atoms with van der Waals surface area (Å²) in [4.78, 5) is 10.9. The predicted octanol–water partition coefficient (Wildman–Crippen LogP) is 1.00. The zero-order chi connectivity index (χ0) is 15.7. The van der Waals surface area contributed by atoms with E-state index in [4.69, 9.17) is 5.11 Å². The van der Waals surface area contributed by atoms with Crippen LogP contribution in [-0.4, -0.2) is 46.7 Å². The molecule has 0 spiro atoms. The molecule has 0 radical (unpaired) electrons. The highest BCUT2D eigenvalue weighted by Crippen LogP contribution is 2.24. The number of rotatable bonds is 6. The summed E-state index contributed by atoms with van der Waals surface area (Å²) in [5, 5.41) is 12.8. The van der Waals surface area contributed by atoms with Gasteiger partial charge in [-0.1, -0.05) is 6.92 Å². The number of carboxylic acids is 1. The number of aromatic nitrogens is 2. The van der Waals surface area contributed by atoms with Crippen molar-refractivity contribution in [3.05, 3.63) is 11.4 Å². The second-order valence-corrected chi connectivity index (χ2v) is 6.76. The van der Waals surface area contributed by atoms with Crippen LogP contribution < -0.4 is 0 Å². The molecular weight excluding hydrogens is 282 g/mol. The van der Waals surface area contributed by atoms with Gasteiger partial charge >= 0.3 is 5.97 Å². The molecule has 0 amide bonds. The van der Waals surface area contributed by atoms with Crippen LogP contribution in [0.4, 0.5) is 0 Å². The van der Waals surface area contributed by atoms with Gasteiger partial charge in [0.25, 0.3) is 0 Å². The third-order valence-corrected chi connectivity index (χ3v) is 5.67. The molecule has 1 aromatic rings. The van der Waals surface area contributed by atoms with Crippen LogP contribution in [0, 0.1) is 13.8 Å². The summed E-state index contributed by atoms with van der Waals surface area (Å²) in [7, 11) is -2.14. The molecule has 0 aromatic carbocycles. The summed E-state index contributed by atoms with van der Waals surface area (Å²) in [5.74, 6) is -1.06. The number of aryl methyl sites for hydroxylation is 1. The smallest absolute Gasteiger partial charge is 0.325 e. The van der Waals surface area contributed by atoms with Crippen molar-refractivity contribution in [2.45, 2.75) is 51.6 Å². The van der Waals surface area contributed by atoms with Crippen LogP contribution in [0.3, 0.4) is 0 Å². The maximum absolute atomic E-state index is 12.6. The van der Waals surface area contributed by atoms with Gasteiger partial charge < -0.3 is 5.11 Å². The van der Waals surface area contributed by atoms with Gasteiger partial charge in [-0.25, -0.2) is 8.42 Å². The van der Waals surface area contributed by atoms with Crippen molar-refractivity contribution in [1.82, 2.24) is 14.1 Å². The van der Waals surface area contributed by atoms with Gasteiger partial charge in [0.05, 0.1) is 11.4 Å². The molecule has 0 aliphatic carbocycles. The molecule has 0 fully saturated rings. The van der Waals surface area contributed by atoms with Crippen molar-refractivity contribution >= 4 is 16.0 Å². The van der Waals surface area contributed by atoms with Gasteiger partial charge in [0.1, 0.15) is 11.4 Å². The molecule has 1 N–H and O–H groups in total. The van der Waals surface area contributed by atoms with Crippen LogP contribution in [0.2, 0.25) is 0 Å². The highest BCUT2D eigenvalue weighted by Gasteiger charge is 2.31. The first-order valence-electron chi connectivity index (χ1n) is 6.36. The zero-order valence-corrected chi connectivity index (χ0v) is 13.2. The molecule has 0 saturated carbocycles. The lowest BCUT2D eigenvalue weighted by Gasteiger charge is -2.23. The van der Waals surface area contributed by atoms with Crippen LogP contribution in [0.1, 0.15) is 31.7 Å². The van der Waals surface area contributed by atoms with Crippen LogP contribution in [0.5, 0.6) is 0 Å². The highest BCUT2D eigenvalue weighted by molar-refractivity contribution is 7.89. The summed E-state index contributed by atoms with van der Waals surface area (Å²) >= 11 is 0. The lowest BCUT2D eigenvalue weighted by atomic mass is 10.3. The van der Waals surface area contributed by atoms with Crippen molar-refractivity contribution < 1.29 is 18.3 Å². The Morgan fingerprint density at radius 1 is 1.45 bits per heavy atom. The monoisotopic (exact) mass is 303 g/mol. The highest BCUT2D eigenvalue weighted by atomic mass is 32.2. The minimum atomic E-state index is -3.67. The lowest BCUT2D eigenvalue weighted by Crippen LogP contribution is -2.35. The van der Waals surface area contributed by atoms with Gasteiger partial charge in [0.15, 0.2) is 0 Å². The zero-order valence-electron chi connectivity index (χ0n) is 12.4. The summed E-state index contributed by atoms with van der Waals surface area (Å²) in [6, 6.07) is -0.137. The Morgan fingerprint density at radius 2 is 2.00 bits per heavy atom. The van der Waals surface area contributed by atoms with E-state index < -0.39 is 16.0 Å². The Labute approximate surface area is 119 Å². The summed E-state index contributed by atoms with van der Waals surface area (Å²) in [6.07, 6.45) is 0.692. The SMILES string of the molecule is CCC(C)N(C)S(=O)(=O)c1c(C)nn(CC(=O)O)c1C. The van der Waals surface area contributed by atoms with Crippen molar-refractivity contribution in [2.24, 2.45) is 0 Å². The molecule has 7 nitrogen and oxygen atoms in total. The minimum Gasteiger partial charge on any atom is -0.480 e. The first kappa shape index (κ1) is 16.6. The van der Waals surface area contributed by atoms with E-state index >= 15 is 0 Å². The Kier molecular flexibility index (Phi) is 4.93. The molecule has 0 aliphatic heterocycles. The van der Waals surface area contributed by atoms with Crippen molar-refractivity contribution in [2.75, 3.05) is 7.05 Å². The standard InChI is InChI=1S/C12H21N3O4S/c1-6-8(2)14(5)20(18,19)12-9(3)13-15(10(12)4)7-11(16)17/h8H,6-7H2,1-5H3,(H,16,17). The largest absolute Gasteiger partial charge is 0.480 e. The average Bonchev–Trinajstić information content (AvgIpc) is 2.61. The van der Waals surface area contributed by atoms with E-state index in [-0.39, 0.29) is 17.5 Å². The fraction of sp³-hybridized carbons (Fsp3) is 0.667. The van der Waals surface area contributed by atoms with E-state index in [9.17, 15) is 13.2 Å². The maximum atomic E-state index is 12.6. The van der Waals surface area contributed by atoms with Gasteiger partial charge in [0.2, 0.25) is 10.0 Å². The first-order chi connectivity index (χ1) is 9.12. The van der Waals surface area contributed by atoms with E-state index in [1.54, 1.807) is 13.8 Å². The Bertz CT molecular complexity index is 606. The molecule has 1 unspecified atom stereocenters. The van der Waals surface area contributed by atoms with Gasteiger partial charge in [-0.05, 0) is 27.2 Å². The number of sulfonamides is 1. The number of aliphatic carboxylic acids is 1. The topological polar surface area (TPSA) is 92.5 Å². The molecule has 1 aromatic heterocycles. The van der Waals surface area contributed by atoms with Gasteiger partial charge in [-0.3, -0.25) is 9.48 Å². The average molecular weight is 303 g/mol. The summed E-state index contributed by atoms with van der Waals surface area (Å²) in [6.45, 7) is 6.52.